The van der Waals surface area contributed by atoms with Crippen molar-refractivity contribution in [1.82, 2.24) is 0 Å². The zero-order valence-electron chi connectivity index (χ0n) is 58.5. The van der Waals surface area contributed by atoms with Gasteiger partial charge in [-0.05, 0) is 193 Å². The second-order valence-electron chi connectivity index (χ2n) is 28.9. The number of nitrogens with zero attached hydrogens (tertiary/aromatic N) is 2. The third kappa shape index (κ3) is 10.8. The molecular formula is C97H66F10N2. The maximum Gasteiger partial charge on any atom is 0.200 e. The number of benzene rings is 11. The van der Waals surface area contributed by atoms with E-state index in [1.807, 2.05) is 193 Å². The van der Waals surface area contributed by atoms with E-state index in [1.54, 1.807) is 78.9 Å². The summed E-state index contributed by atoms with van der Waals surface area (Å²) in [6.45, 7) is 7.86. The molecule has 1 fully saturated rings. The van der Waals surface area contributed by atoms with Gasteiger partial charge in [-0.25, -0.2) is 43.9 Å². The van der Waals surface area contributed by atoms with E-state index in [0.29, 0.717) is 97.9 Å². The second-order valence-corrected chi connectivity index (χ2v) is 28.9. The molecule has 0 spiro atoms. The van der Waals surface area contributed by atoms with Crippen LogP contribution in [0.25, 0.3) is 50.6 Å². The minimum Gasteiger partial charge on any atom is -0.314 e. The second kappa shape index (κ2) is 26.9. The van der Waals surface area contributed by atoms with E-state index >= 15 is 43.9 Å². The number of allylic oxidation sites excluding steroid dienone is 17. The monoisotopic (exact) mass is 1450 g/mol. The molecule has 0 bridgehead atoms. The maximum atomic E-state index is 17.1. The zero-order chi connectivity index (χ0) is 74.7. The Morgan fingerprint density at radius 3 is 1.42 bits per heavy atom. The number of halogens is 10. The van der Waals surface area contributed by atoms with Gasteiger partial charge in [0.25, 0.3) is 0 Å². The summed E-state index contributed by atoms with van der Waals surface area (Å²) in [6.07, 6.45) is 31.2. The van der Waals surface area contributed by atoms with Crippen LogP contribution in [-0.4, -0.2) is 0 Å². The summed E-state index contributed by atoms with van der Waals surface area (Å²) in [6, 6.07) is 67.1. The summed E-state index contributed by atoms with van der Waals surface area (Å²) < 4.78 is 162. The van der Waals surface area contributed by atoms with Crippen molar-refractivity contribution < 1.29 is 43.9 Å². The Morgan fingerprint density at radius 1 is 0.394 bits per heavy atom. The molecule has 12 heteroatoms. The fourth-order valence-electron chi connectivity index (χ4n) is 18.3. The number of hydrogen-bond donors (Lipinski definition) is 0. The van der Waals surface area contributed by atoms with Gasteiger partial charge in [0.05, 0.1) is 10.8 Å². The summed E-state index contributed by atoms with van der Waals surface area (Å²) >= 11 is 0. The third-order valence-electron chi connectivity index (χ3n) is 23.5. The van der Waals surface area contributed by atoms with Gasteiger partial charge in [0.1, 0.15) is 0 Å². The van der Waals surface area contributed by atoms with Crippen LogP contribution in [0.4, 0.5) is 72.3 Å². The van der Waals surface area contributed by atoms with E-state index in [0.717, 1.165) is 51.2 Å². The molecule has 7 aliphatic rings. The number of hydrogen-bond acceptors (Lipinski definition) is 2. The maximum absolute atomic E-state index is 17.1. The minimum absolute atomic E-state index is 0.117. The number of fused-ring (bicyclic) bond motifs is 7. The third-order valence-corrected chi connectivity index (χ3v) is 23.5. The van der Waals surface area contributed by atoms with Gasteiger partial charge in [0, 0.05) is 57.1 Å². The Hall–Kier alpha value is -12.3. The molecule has 0 aliphatic heterocycles. The molecule has 2 nitrogen and oxygen atoms in total. The summed E-state index contributed by atoms with van der Waals surface area (Å²) in [5.41, 5.74) is 9.63. The molecule has 534 valence electrons. The Morgan fingerprint density at radius 2 is 0.872 bits per heavy atom. The standard InChI is InChI=1S/C97H66F10N2/c1-3-56-22-38-65(39-23-56)96(84-86(98)90(102)94(106)91(103)87(84)99)79-20-12-10-16-73(79)75-52-50-71(54-81(75)96)108(67-42-30-61(31-43-67)58-14-6-5-7-15-58)68-44-32-62(33-45-68)59-26-28-60(29-27-59)63-34-46-69(47-35-63)109(70-48-36-64(37-49-70)83-77-18-8-9-19-78(77)83)72-51-53-76-74-17-11-13-21-80(74)97(82(76)55-72,66-40-24-57(4-2)25-41-66)85-88(100)92(104)95(107)93(105)89(85)101/h3-24,26-36,38-48,50-55,57,74,77-78,80,83H,1-2,25,37,49H2. The Balaban J connectivity index is 0.711. The first-order valence-corrected chi connectivity index (χ1v) is 36.5. The summed E-state index contributed by atoms with van der Waals surface area (Å²) in [5, 5.41) is 0. The molecule has 18 rings (SSSR count). The molecule has 0 aromatic heterocycles. The zero-order valence-corrected chi connectivity index (χ0v) is 58.5. The van der Waals surface area contributed by atoms with Crippen LogP contribution in [0.15, 0.2) is 327 Å². The predicted molar refractivity (Wildman–Crippen MR) is 414 cm³/mol. The minimum atomic E-state index is -2.26. The average Bonchev–Trinajstić information content (AvgIpc) is 1.65. The van der Waals surface area contributed by atoms with Crippen molar-refractivity contribution in [2.45, 2.75) is 36.0 Å². The Kier molecular flexibility index (Phi) is 16.9. The van der Waals surface area contributed by atoms with Gasteiger partial charge >= 0.3 is 0 Å². The first-order chi connectivity index (χ1) is 53.1. The van der Waals surface area contributed by atoms with Crippen molar-refractivity contribution in [2.24, 2.45) is 29.6 Å². The van der Waals surface area contributed by atoms with Gasteiger partial charge in [0.15, 0.2) is 46.5 Å². The van der Waals surface area contributed by atoms with E-state index in [-0.39, 0.29) is 11.5 Å². The van der Waals surface area contributed by atoms with Gasteiger partial charge in [-0.3, -0.25) is 0 Å². The van der Waals surface area contributed by atoms with E-state index < -0.39 is 92.0 Å². The van der Waals surface area contributed by atoms with Crippen LogP contribution in [0.5, 0.6) is 0 Å². The molecule has 1 saturated carbocycles. The van der Waals surface area contributed by atoms with E-state index in [2.05, 4.69) is 54.5 Å². The van der Waals surface area contributed by atoms with Gasteiger partial charge in [-0.2, -0.15) is 0 Å². The normalized spacial score (nSPS) is 21.5. The van der Waals surface area contributed by atoms with E-state index in [4.69, 9.17) is 0 Å². The van der Waals surface area contributed by atoms with Gasteiger partial charge in [-0.1, -0.05) is 249 Å². The van der Waals surface area contributed by atoms with Gasteiger partial charge in [-0.15, -0.1) is 6.58 Å². The Bertz CT molecular complexity index is 5770. The lowest BCUT2D eigenvalue weighted by Gasteiger charge is -2.41. The molecule has 0 saturated heterocycles. The van der Waals surface area contributed by atoms with Crippen molar-refractivity contribution in [3.63, 3.8) is 0 Å². The number of rotatable bonds is 16. The molecular weight excluding hydrogens is 1380 g/mol. The molecule has 0 amide bonds. The average molecular weight is 1450 g/mol. The molecule has 0 heterocycles. The molecule has 7 atom stereocenters. The summed E-state index contributed by atoms with van der Waals surface area (Å²) in [7, 11) is 0. The lowest BCUT2D eigenvalue weighted by molar-refractivity contribution is 0.340. The lowest BCUT2D eigenvalue weighted by Crippen LogP contribution is -2.39. The van der Waals surface area contributed by atoms with Crippen molar-refractivity contribution >= 4 is 34.5 Å². The largest absolute Gasteiger partial charge is 0.314 e. The van der Waals surface area contributed by atoms with Crippen LogP contribution in [0, 0.1) is 87.8 Å². The molecule has 7 aliphatic carbocycles. The fourth-order valence-corrected chi connectivity index (χ4v) is 18.3. The van der Waals surface area contributed by atoms with Gasteiger partial charge < -0.3 is 9.80 Å². The molecule has 0 radical (unpaired) electrons. The highest BCUT2D eigenvalue weighted by Crippen LogP contribution is 2.64. The lowest BCUT2D eigenvalue weighted by atomic mass is 9.61. The number of anilines is 5. The smallest absolute Gasteiger partial charge is 0.200 e. The van der Waals surface area contributed by atoms with Crippen LogP contribution < -0.4 is 9.80 Å². The highest BCUT2D eigenvalue weighted by Gasteiger charge is 2.58. The van der Waals surface area contributed by atoms with Crippen LogP contribution in [0.3, 0.4) is 0 Å². The van der Waals surface area contributed by atoms with E-state index in [9.17, 15) is 0 Å². The highest BCUT2D eigenvalue weighted by atomic mass is 19.2. The van der Waals surface area contributed by atoms with Crippen molar-refractivity contribution in [1.29, 1.82) is 0 Å². The van der Waals surface area contributed by atoms with Crippen molar-refractivity contribution in [3.8, 4) is 44.5 Å². The highest BCUT2D eigenvalue weighted by molar-refractivity contribution is 5.91. The summed E-state index contributed by atoms with van der Waals surface area (Å²) in [4.78, 5) is 4.14. The van der Waals surface area contributed by atoms with Crippen LogP contribution >= 0.6 is 0 Å². The molecule has 109 heavy (non-hydrogen) atoms. The molecule has 0 N–H and O–H groups in total. The fraction of sp³-hybridized carbons (Fsp3) is 0.113. The Labute approximate surface area is 625 Å². The van der Waals surface area contributed by atoms with Gasteiger partial charge in [0.2, 0.25) is 11.6 Å². The van der Waals surface area contributed by atoms with Crippen LogP contribution in [0.1, 0.15) is 69.7 Å². The SMILES string of the molecule is C=Cc1ccc(C2(c3c(F)c(F)c(F)c(F)c3F)c3ccccc3-c3ccc(N(c4ccc(-c5ccccc5)cc4)c4ccc(-c5ccc(-c6ccc(N(C7=CC=C(C8C9C=CC=CC98)CC7)c7ccc8c(c7)C(C7=CCC(C=C)C=C7)(c7c(F)c(F)c(F)c(F)c7F)C7C=CC=CC87)cc6)cc5)cc4)cc32)cc1. The van der Waals surface area contributed by atoms with E-state index in [1.165, 1.54) is 5.57 Å². The van der Waals surface area contributed by atoms with Crippen molar-refractivity contribution in [3.05, 3.63) is 430 Å². The first-order valence-electron chi connectivity index (χ1n) is 36.5. The van der Waals surface area contributed by atoms with Crippen LogP contribution in [-0.2, 0) is 10.8 Å². The topological polar surface area (TPSA) is 6.48 Å². The first kappa shape index (κ1) is 68.5. The quantitative estimate of drug-likeness (QED) is 0.0412. The van der Waals surface area contributed by atoms with Crippen LogP contribution in [0.2, 0.25) is 0 Å². The van der Waals surface area contributed by atoms with Crippen molar-refractivity contribution in [2.75, 3.05) is 9.80 Å². The summed E-state index contributed by atoms with van der Waals surface area (Å²) in [5.74, 6) is -20.3. The molecule has 7 unspecified atom stereocenters. The molecule has 11 aromatic rings. The predicted octanol–water partition coefficient (Wildman–Crippen LogP) is 26.1. The molecule has 11 aromatic carbocycles.